The lowest BCUT2D eigenvalue weighted by Crippen LogP contribution is -2.14. The smallest absolute Gasteiger partial charge is 0.140 e. The number of nitrogens with one attached hydrogen (secondary N) is 2. The molecule has 5 nitrogen and oxygen atoms in total. The van der Waals surface area contributed by atoms with Crippen molar-refractivity contribution in [2.45, 2.75) is 31.7 Å². The van der Waals surface area contributed by atoms with Gasteiger partial charge >= 0.3 is 0 Å². The summed E-state index contributed by atoms with van der Waals surface area (Å²) in [5, 5.41) is 4.77. The van der Waals surface area contributed by atoms with Crippen LogP contribution >= 0.6 is 0 Å². The van der Waals surface area contributed by atoms with E-state index >= 15 is 0 Å². The van der Waals surface area contributed by atoms with Crippen LogP contribution < -0.4 is 11.1 Å². The average Bonchev–Trinajstić information content (AvgIpc) is 3.17. The van der Waals surface area contributed by atoms with Gasteiger partial charge in [-0.25, -0.2) is 9.97 Å². The lowest BCUT2D eigenvalue weighted by molar-refractivity contribution is 0.756. The Morgan fingerprint density at radius 1 is 1.18 bits per heavy atom. The molecule has 1 fully saturated rings. The summed E-state index contributed by atoms with van der Waals surface area (Å²) in [4.78, 5) is 12.1. The number of nitrogens with zero attached hydrogens (tertiary/aromatic N) is 2. The maximum atomic E-state index is 5.83. The van der Waals surface area contributed by atoms with Gasteiger partial charge in [0.15, 0.2) is 0 Å². The van der Waals surface area contributed by atoms with Gasteiger partial charge in [0.05, 0.1) is 11.1 Å². The van der Waals surface area contributed by atoms with Crippen molar-refractivity contribution in [3.05, 3.63) is 36.7 Å². The van der Waals surface area contributed by atoms with Crippen LogP contribution in [0.3, 0.4) is 0 Å². The summed E-state index contributed by atoms with van der Waals surface area (Å²) in [5.41, 5.74) is 9.73. The first-order chi connectivity index (χ1) is 10.8. The number of hydrogen-bond acceptors (Lipinski definition) is 4. The molecule has 4 N–H and O–H groups in total. The summed E-state index contributed by atoms with van der Waals surface area (Å²) in [6.45, 7) is 0. The molecule has 3 aromatic rings. The Morgan fingerprint density at radius 2 is 2.05 bits per heavy atom. The van der Waals surface area contributed by atoms with Gasteiger partial charge in [-0.2, -0.15) is 0 Å². The van der Waals surface area contributed by atoms with Crippen LogP contribution in [0, 0.1) is 0 Å². The SMILES string of the molecule is Nc1cccc(-c2c[nH]c3nccc(NC4CCCC4)c23)n1. The number of pyridine rings is 2. The van der Waals surface area contributed by atoms with Crippen LogP contribution in [0.4, 0.5) is 11.5 Å². The maximum Gasteiger partial charge on any atom is 0.140 e. The minimum atomic E-state index is 0.529. The first-order valence-corrected chi connectivity index (χ1v) is 7.77. The number of nitrogen functional groups attached to an aromatic ring is 1. The van der Waals surface area contributed by atoms with E-state index in [1.165, 1.54) is 25.7 Å². The Kier molecular flexibility index (Phi) is 3.18. The predicted molar refractivity (Wildman–Crippen MR) is 89.6 cm³/mol. The zero-order valence-electron chi connectivity index (χ0n) is 12.3. The Bertz CT molecular complexity index is 802. The van der Waals surface area contributed by atoms with Gasteiger partial charge in [-0.05, 0) is 31.0 Å². The summed E-state index contributed by atoms with van der Waals surface area (Å²) in [5.74, 6) is 0.529. The summed E-state index contributed by atoms with van der Waals surface area (Å²) in [6, 6.07) is 8.31. The van der Waals surface area contributed by atoms with Crippen molar-refractivity contribution in [3.8, 4) is 11.3 Å². The fraction of sp³-hybridized carbons (Fsp3) is 0.294. The normalized spacial score (nSPS) is 15.5. The Labute approximate surface area is 129 Å². The molecule has 1 aliphatic rings. The zero-order valence-corrected chi connectivity index (χ0v) is 12.3. The molecule has 1 aliphatic carbocycles. The molecule has 3 aromatic heterocycles. The van der Waals surface area contributed by atoms with Crippen LogP contribution in [0.15, 0.2) is 36.7 Å². The topological polar surface area (TPSA) is 79.6 Å². The van der Waals surface area contributed by atoms with Gasteiger partial charge in [-0.1, -0.05) is 18.9 Å². The van der Waals surface area contributed by atoms with Gasteiger partial charge in [-0.15, -0.1) is 0 Å². The number of aromatic amines is 1. The molecule has 22 heavy (non-hydrogen) atoms. The third kappa shape index (κ3) is 2.28. The van der Waals surface area contributed by atoms with E-state index in [0.717, 1.165) is 28.0 Å². The Hall–Kier alpha value is -2.56. The summed E-state index contributed by atoms with van der Waals surface area (Å²) in [7, 11) is 0. The number of nitrogens with two attached hydrogens (primary N) is 1. The van der Waals surface area contributed by atoms with Crippen LogP contribution in [0.5, 0.6) is 0 Å². The number of rotatable bonds is 3. The van der Waals surface area contributed by atoms with E-state index in [-0.39, 0.29) is 0 Å². The van der Waals surface area contributed by atoms with E-state index in [0.29, 0.717) is 11.9 Å². The lowest BCUT2D eigenvalue weighted by Gasteiger charge is -2.15. The molecule has 0 unspecified atom stereocenters. The van der Waals surface area contributed by atoms with Crippen molar-refractivity contribution in [2.24, 2.45) is 0 Å². The van der Waals surface area contributed by atoms with Crippen molar-refractivity contribution >= 4 is 22.5 Å². The van der Waals surface area contributed by atoms with Gasteiger partial charge in [0, 0.05) is 29.7 Å². The van der Waals surface area contributed by atoms with Gasteiger partial charge in [-0.3, -0.25) is 0 Å². The second kappa shape index (κ2) is 5.33. The maximum absolute atomic E-state index is 5.83. The fourth-order valence-corrected chi connectivity index (χ4v) is 3.27. The molecule has 5 heteroatoms. The highest BCUT2D eigenvalue weighted by Gasteiger charge is 2.18. The monoisotopic (exact) mass is 293 g/mol. The highest BCUT2D eigenvalue weighted by molar-refractivity contribution is 6.01. The number of anilines is 2. The quantitative estimate of drug-likeness (QED) is 0.690. The van der Waals surface area contributed by atoms with Crippen molar-refractivity contribution in [1.82, 2.24) is 15.0 Å². The summed E-state index contributed by atoms with van der Waals surface area (Å²) < 4.78 is 0. The molecule has 0 bridgehead atoms. The fourth-order valence-electron chi connectivity index (χ4n) is 3.27. The molecule has 4 rings (SSSR count). The molecule has 1 saturated carbocycles. The van der Waals surface area contributed by atoms with E-state index < -0.39 is 0 Å². The third-order valence-electron chi connectivity index (χ3n) is 4.33. The van der Waals surface area contributed by atoms with Crippen molar-refractivity contribution in [2.75, 3.05) is 11.1 Å². The van der Waals surface area contributed by atoms with Crippen molar-refractivity contribution < 1.29 is 0 Å². The Balaban J connectivity index is 1.82. The minimum absolute atomic E-state index is 0.529. The summed E-state index contributed by atoms with van der Waals surface area (Å²) in [6.07, 6.45) is 8.89. The Morgan fingerprint density at radius 3 is 2.86 bits per heavy atom. The van der Waals surface area contributed by atoms with Crippen molar-refractivity contribution in [3.63, 3.8) is 0 Å². The van der Waals surface area contributed by atoms with Gasteiger partial charge in [0.25, 0.3) is 0 Å². The standard InChI is InChI=1S/C17H19N5/c18-15-7-3-6-13(22-15)12-10-20-17-16(12)14(8-9-19-17)21-11-4-1-2-5-11/h3,6-11H,1-2,4-5H2,(H2,18,22)(H2,19,20,21). The minimum Gasteiger partial charge on any atom is -0.384 e. The van der Waals surface area contributed by atoms with E-state index in [9.17, 15) is 0 Å². The second-order valence-electron chi connectivity index (χ2n) is 5.86. The predicted octanol–water partition coefficient (Wildman–Crippen LogP) is 3.56. The third-order valence-corrected chi connectivity index (χ3v) is 4.33. The van der Waals surface area contributed by atoms with E-state index in [1.807, 2.05) is 30.6 Å². The first kappa shape index (κ1) is 13.1. The summed E-state index contributed by atoms with van der Waals surface area (Å²) >= 11 is 0. The van der Waals surface area contributed by atoms with E-state index in [1.54, 1.807) is 6.07 Å². The number of hydrogen-bond donors (Lipinski definition) is 3. The molecule has 0 spiro atoms. The largest absolute Gasteiger partial charge is 0.384 e. The van der Waals surface area contributed by atoms with Crippen LogP contribution in [-0.2, 0) is 0 Å². The van der Waals surface area contributed by atoms with Gasteiger partial charge in [0.2, 0.25) is 0 Å². The highest BCUT2D eigenvalue weighted by atomic mass is 14.9. The molecule has 0 radical (unpaired) electrons. The van der Waals surface area contributed by atoms with E-state index in [2.05, 4.69) is 20.3 Å². The molecule has 0 aliphatic heterocycles. The molecular weight excluding hydrogens is 274 g/mol. The molecule has 0 amide bonds. The highest BCUT2D eigenvalue weighted by Crippen LogP contribution is 2.34. The zero-order chi connectivity index (χ0) is 14.9. The van der Waals surface area contributed by atoms with Crippen LogP contribution in [0.25, 0.3) is 22.3 Å². The lowest BCUT2D eigenvalue weighted by atomic mass is 10.1. The molecule has 0 aromatic carbocycles. The molecular formula is C17H19N5. The molecule has 3 heterocycles. The molecule has 0 atom stereocenters. The number of fused-ring (bicyclic) bond motifs is 1. The van der Waals surface area contributed by atoms with Crippen LogP contribution in [0.1, 0.15) is 25.7 Å². The molecule has 112 valence electrons. The second-order valence-corrected chi connectivity index (χ2v) is 5.86. The number of aromatic nitrogens is 3. The number of H-pyrrole nitrogens is 1. The van der Waals surface area contributed by atoms with Crippen LogP contribution in [0.2, 0.25) is 0 Å². The van der Waals surface area contributed by atoms with E-state index in [4.69, 9.17) is 5.73 Å². The van der Waals surface area contributed by atoms with Crippen molar-refractivity contribution in [1.29, 1.82) is 0 Å². The van der Waals surface area contributed by atoms with Gasteiger partial charge in [0.1, 0.15) is 11.5 Å². The first-order valence-electron chi connectivity index (χ1n) is 7.77. The van der Waals surface area contributed by atoms with Crippen LogP contribution in [-0.4, -0.2) is 21.0 Å². The van der Waals surface area contributed by atoms with Gasteiger partial charge < -0.3 is 16.0 Å². The average molecular weight is 293 g/mol. The molecule has 0 saturated heterocycles.